The molecule has 1 saturated carbocycles. The second-order valence-electron chi connectivity index (χ2n) is 7.11. The zero-order chi connectivity index (χ0) is 18.6. The molecule has 1 saturated heterocycles. The van der Waals surface area contributed by atoms with E-state index in [0.717, 1.165) is 25.6 Å². The lowest BCUT2D eigenvalue weighted by Crippen LogP contribution is -2.46. The molecule has 6 nitrogen and oxygen atoms in total. The summed E-state index contributed by atoms with van der Waals surface area (Å²) in [6.07, 6.45) is 2.36. The quantitative estimate of drug-likeness (QED) is 0.514. The Morgan fingerprint density at radius 2 is 1.92 bits per heavy atom. The van der Waals surface area contributed by atoms with Crippen LogP contribution < -0.4 is 10.6 Å². The molecule has 2 N–H and O–H groups in total. The van der Waals surface area contributed by atoms with Gasteiger partial charge in [0, 0.05) is 49.7 Å². The van der Waals surface area contributed by atoms with Gasteiger partial charge in [0.1, 0.15) is 0 Å². The predicted molar refractivity (Wildman–Crippen MR) is 110 cm³/mol. The van der Waals surface area contributed by atoms with Gasteiger partial charge in [-0.15, -0.1) is 0 Å². The molecule has 1 aromatic rings. The summed E-state index contributed by atoms with van der Waals surface area (Å²) >= 11 is 3.67. The van der Waals surface area contributed by atoms with E-state index in [1.807, 2.05) is 6.07 Å². The van der Waals surface area contributed by atoms with Crippen LogP contribution in [0.25, 0.3) is 0 Å². The fraction of sp³-hybridized carbons (Fsp3) is 0.611. The van der Waals surface area contributed by atoms with Crippen LogP contribution in [-0.2, 0) is 15.3 Å². The minimum atomic E-state index is -2.81. The molecule has 2 aliphatic rings. The number of nitrogens with zero attached hydrogens (tertiary/aromatic N) is 2. The van der Waals surface area contributed by atoms with Gasteiger partial charge in [-0.2, -0.15) is 0 Å². The fourth-order valence-electron chi connectivity index (χ4n) is 3.36. The van der Waals surface area contributed by atoms with Crippen LogP contribution in [0.3, 0.4) is 0 Å². The number of hydrogen-bond donors (Lipinski definition) is 2. The van der Waals surface area contributed by atoms with E-state index >= 15 is 0 Å². The molecule has 1 aromatic carbocycles. The van der Waals surface area contributed by atoms with Crippen molar-refractivity contribution in [3.63, 3.8) is 0 Å². The molecule has 8 heteroatoms. The molecule has 144 valence electrons. The number of sulfone groups is 1. The summed E-state index contributed by atoms with van der Waals surface area (Å²) in [4.78, 5) is 6.49. The van der Waals surface area contributed by atoms with Crippen molar-refractivity contribution in [1.82, 2.24) is 15.5 Å². The molecule has 26 heavy (non-hydrogen) atoms. The van der Waals surface area contributed by atoms with E-state index in [9.17, 15) is 8.42 Å². The lowest BCUT2D eigenvalue weighted by molar-refractivity contribution is 0.299. The van der Waals surface area contributed by atoms with Crippen molar-refractivity contribution in [1.29, 1.82) is 0 Å². The standard InChI is InChI=1S/C18H27BrN4O2S/c1-20-17(21-8-9-23-10-12-26(24,25)13-11-23)22-14-18(6-7-18)15-4-2-3-5-16(15)19/h2-5H,6-14H2,1H3,(H2,20,21,22). The van der Waals surface area contributed by atoms with Crippen molar-refractivity contribution >= 4 is 31.7 Å². The Kier molecular flexibility index (Phi) is 6.25. The summed E-state index contributed by atoms with van der Waals surface area (Å²) < 4.78 is 24.1. The summed E-state index contributed by atoms with van der Waals surface area (Å²) in [5, 5.41) is 6.79. The third kappa shape index (κ3) is 4.98. The van der Waals surface area contributed by atoms with Gasteiger partial charge in [0.25, 0.3) is 0 Å². The zero-order valence-electron chi connectivity index (χ0n) is 15.2. The molecular formula is C18H27BrN4O2S. The lowest BCUT2D eigenvalue weighted by Gasteiger charge is -2.27. The van der Waals surface area contributed by atoms with Crippen molar-refractivity contribution in [2.75, 3.05) is 51.3 Å². The number of rotatable bonds is 6. The van der Waals surface area contributed by atoms with Crippen LogP contribution in [0.2, 0.25) is 0 Å². The van der Waals surface area contributed by atoms with E-state index in [2.05, 4.69) is 54.7 Å². The van der Waals surface area contributed by atoms with Crippen molar-refractivity contribution in [3.05, 3.63) is 34.3 Å². The number of benzene rings is 1. The van der Waals surface area contributed by atoms with Crippen LogP contribution >= 0.6 is 15.9 Å². The average molecular weight is 443 g/mol. The van der Waals surface area contributed by atoms with Gasteiger partial charge in [0.05, 0.1) is 11.5 Å². The minimum Gasteiger partial charge on any atom is -0.356 e. The molecule has 3 rings (SSSR count). The van der Waals surface area contributed by atoms with E-state index in [4.69, 9.17) is 0 Å². The predicted octanol–water partition coefficient (Wildman–Crippen LogP) is 1.38. The summed E-state index contributed by atoms with van der Waals surface area (Å²) in [6, 6.07) is 8.43. The van der Waals surface area contributed by atoms with Crippen LogP contribution in [0.4, 0.5) is 0 Å². The van der Waals surface area contributed by atoms with Crippen LogP contribution in [0.5, 0.6) is 0 Å². The van der Waals surface area contributed by atoms with Gasteiger partial charge in [-0.25, -0.2) is 8.42 Å². The topological polar surface area (TPSA) is 73.8 Å². The Morgan fingerprint density at radius 1 is 1.23 bits per heavy atom. The monoisotopic (exact) mass is 442 g/mol. The molecule has 1 aliphatic carbocycles. The Bertz CT molecular complexity index is 748. The van der Waals surface area contributed by atoms with Crippen molar-refractivity contribution in [2.24, 2.45) is 4.99 Å². The van der Waals surface area contributed by atoms with Gasteiger partial charge in [0.15, 0.2) is 15.8 Å². The highest BCUT2D eigenvalue weighted by Gasteiger charge is 2.45. The van der Waals surface area contributed by atoms with E-state index < -0.39 is 9.84 Å². The van der Waals surface area contributed by atoms with Crippen molar-refractivity contribution in [2.45, 2.75) is 18.3 Å². The fourth-order valence-corrected chi connectivity index (χ4v) is 5.35. The normalized spacial score (nSPS) is 22.0. The lowest BCUT2D eigenvalue weighted by atomic mass is 9.96. The maximum atomic E-state index is 11.5. The summed E-state index contributed by atoms with van der Waals surface area (Å²) in [5.41, 5.74) is 1.55. The van der Waals surface area contributed by atoms with Gasteiger partial charge in [-0.3, -0.25) is 9.89 Å². The number of nitrogens with one attached hydrogen (secondary N) is 2. The molecule has 0 amide bonds. The van der Waals surface area contributed by atoms with Gasteiger partial charge in [-0.05, 0) is 24.5 Å². The van der Waals surface area contributed by atoms with Crippen LogP contribution in [0.1, 0.15) is 18.4 Å². The molecule has 1 aliphatic heterocycles. The first-order valence-electron chi connectivity index (χ1n) is 9.06. The molecule has 0 bridgehead atoms. The van der Waals surface area contributed by atoms with Crippen molar-refractivity contribution in [3.8, 4) is 0 Å². The molecule has 1 heterocycles. The first-order valence-corrected chi connectivity index (χ1v) is 11.7. The van der Waals surface area contributed by atoms with Crippen LogP contribution in [0, 0.1) is 0 Å². The SMILES string of the molecule is CN=C(NCCN1CCS(=O)(=O)CC1)NCC1(c2ccccc2Br)CC1. The summed E-state index contributed by atoms with van der Waals surface area (Å²) in [7, 11) is -1.03. The Balaban J connectivity index is 1.44. The average Bonchev–Trinajstić information content (AvgIpc) is 3.40. The second kappa shape index (κ2) is 8.27. The highest BCUT2D eigenvalue weighted by atomic mass is 79.9. The number of hydrogen-bond acceptors (Lipinski definition) is 4. The third-order valence-electron chi connectivity index (χ3n) is 5.27. The molecule has 0 atom stereocenters. The maximum Gasteiger partial charge on any atom is 0.191 e. The molecule has 0 radical (unpaired) electrons. The third-order valence-corrected chi connectivity index (χ3v) is 7.57. The largest absolute Gasteiger partial charge is 0.356 e. The van der Waals surface area contributed by atoms with E-state index in [0.29, 0.717) is 13.1 Å². The zero-order valence-corrected chi connectivity index (χ0v) is 17.6. The molecule has 0 aromatic heterocycles. The number of guanidine groups is 1. The highest BCUT2D eigenvalue weighted by Crippen LogP contribution is 2.49. The summed E-state index contributed by atoms with van der Waals surface area (Å²) in [5.74, 6) is 1.34. The van der Waals surface area contributed by atoms with E-state index in [1.54, 1.807) is 7.05 Å². The van der Waals surface area contributed by atoms with Gasteiger partial charge in [-0.1, -0.05) is 34.1 Å². The van der Waals surface area contributed by atoms with Crippen LogP contribution in [0.15, 0.2) is 33.7 Å². The summed E-state index contributed by atoms with van der Waals surface area (Å²) in [6.45, 7) is 3.69. The molecular weight excluding hydrogens is 416 g/mol. The highest BCUT2D eigenvalue weighted by molar-refractivity contribution is 9.10. The smallest absolute Gasteiger partial charge is 0.191 e. The van der Waals surface area contributed by atoms with E-state index in [-0.39, 0.29) is 16.9 Å². The maximum absolute atomic E-state index is 11.5. The second-order valence-corrected chi connectivity index (χ2v) is 10.3. The molecule has 2 fully saturated rings. The van der Waals surface area contributed by atoms with Crippen LogP contribution in [-0.4, -0.2) is 70.6 Å². The van der Waals surface area contributed by atoms with Crippen molar-refractivity contribution < 1.29 is 8.42 Å². The molecule has 0 spiro atoms. The first kappa shape index (κ1) is 19.6. The van der Waals surface area contributed by atoms with E-state index in [1.165, 1.54) is 22.9 Å². The molecule has 0 unspecified atom stereocenters. The minimum absolute atomic E-state index is 0.193. The van der Waals surface area contributed by atoms with Gasteiger partial charge < -0.3 is 10.6 Å². The Hall–Kier alpha value is -1.12. The number of halogens is 1. The van der Waals surface area contributed by atoms with Gasteiger partial charge >= 0.3 is 0 Å². The first-order chi connectivity index (χ1) is 12.4. The number of aliphatic imine (C=N–C) groups is 1. The Labute approximate surface area is 164 Å². The van der Waals surface area contributed by atoms with Gasteiger partial charge in [0.2, 0.25) is 0 Å². The Morgan fingerprint density at radius 3 is 2.54 bits per heavy atom.